The first-order valence-electron chi connectivity index (χ1n) is 6.14. The summed E-state index contributed by atoms with van der Waals surface area (Å²) < 4.78 is 0. The number of hydrogen-bond acceptors (Lipinski definition) is 4. The average Bonchev–Trinajstić information content (AvgIpc) is 2.33. The maximum absolute atomic E-state index is 11.2. The number of rotatable bonds is 5. The predicted octanol–water partition coefficient (Wildman–Crippen LogP) is 2.50. The van der Waals surface area contributed by atoms with Crippen LogP contribution >= 0.6 is 0 Å². The number of carbonyl (C=O) groups is 1. The Hall–Kier alpha value is -2.09. The zero-order chi connectivity index (χ0) is 14.5. The molecule has 0 aromatic carbocycles. The van der Waals surface area contributed by atoms with Crippen LogP contribution in [0.3, 0.4) is 0 Å². The van der Waals surface area contributed by atoms with Crippen LogP contribution < -0.4 is 5.32 Å². The molecule has 0 aliphatic rings. The molecule has 1 rings (SSSR count). The molecule has 0 fully saturated rings. The minimum Gasteiger partial charge on any atom is -0.481 e. The van der Waals surface area contributed by atoms with E-state index in [1.807, 2.05) is 26.8 Å². The van der Waals surface area contributed by atoms with Crippen molar-refractivity contribution in [3.8, 4) is 6.07 Å². The Labute approximate surface area is 113 Å². The molecule has 0 bridgehead atoms. The fraction of sp³-hybridized carbons (Fsp3) is 0.500. The highest BCUT2D eigenvalue weighted by Crippen LogP contribution is 2.25. The Morgan fingerprint density at radius 2 is 2.26 bits per heavy atom. The first-order valence-corrected chi connectivity index (χ1v) is 6.14. The number of hydrogen-bond donors (Lipinski definition) is 2. The minimum atomic E-state index is -0.829. The van der Waals surface area contributed by atoms with Gasteiger partial charge in [0.1, 0.15) is 6.07 Å². The highest BCUT2D eigenvalue weighted by molar-refractivity contribution is 5.71. The standard InChI is InChI=1S/C14H19N3O2/c1-14(2,3)6-11(13(18)19)8-17-12-9-16-5-4-10(12)7-15/h4-5,9,11,17H,6,8H2,1-3H3,(H,18,19). The van der Waals surface area contributed by atoms with Crippen LogP contribution in [0.5, 0.6) is 0 Å². The fourth-order valence-corrected chi connectivity index (χ4v) is 1.85. The van der Waals surface area contributed by atoms with Crippen LogP contribution in [-0.2, 0) is 4.79 Å². The molecule has 0 saturated heterocycles. The van der Waals surface area contributed by atoms with E-state index in [1.54, 1.807) is 6.07 Å². The lowest BCUT2D eigenvalue weighted by Crippen LogP contribution is -2.27. The van der Waals surface area contributed by atoms with Crippen molar-refractivity contribution in [1.82, 2.24) is 4.98 Å². The predicted molar refractivity (Wildman–Crippen MR) is 72.6 cm³/mol. The van der Waals surface area contributed by atoms with Crippen LogP contribution in [0.25, 0.3) is 0 Å². The molecule has 0 aliphatic carbocycles. The highest BCUT2D eigenvalue weighted by atomic mass is 16.4. The second-order valence-corrected chi connectivity index (χ2v) is 5.71. The molecule has 1 aromatic rings. The van der Waals surface area contributed by atoms with Gasteiger partial charge in [-0.25, -0.2) is 0 Å². The van der Waals surface area contributed by atoms with Gasteiger partial charge in [0.15, 0.2) is 0 Å². The largest absolute Gasteiger partial charge is 0.481 e. The molecule has 5 heteroatoms. The summed E-state index contributed by atoms with van der Waals surface area (Å²) in [6.07, 6.45) is 3.64. The molecule has 0 radical (unpaired) electrons. The number of nitrogens with zero attached hydrogens (tertiary/aromatic N) is 2. The van der Waals surface area contributed by atoms with Gasteiger partial charge < -0.3 is 10.4 Å². The summed E-state index contributed by atoms with van der Waals surface area (Å²) in [5.74, 6) is -1.32. The molecule has 1 atom stereocenters. The van der Waals surface area contributed by atoms with Crippen LogP contribution in [0.1, 0.15) is 32.8 Å². The van der Waals surface area contributed by atoms with Crippen LogP contribution in [0.4, 0.5) is 5.69 Å². The van der Waals surface area contributed by atoms with Crippen molar-refractivity contribution in [2.24, 2.45) is 11.3 Å². The van der Waals surface area contributed by atoms with E-state index in [9.17, 15) is 9.90 Å². The Balaban J connectivity index is 2.72. The quantitative estimate of drug-likeness (QED) is 0.850. The van der Waals surface area contributed by atoms with Gasteiger partial charge in [-0.2, -0.15) is 5.26 Å². The molecule has 1 aromatic heterocycles. The van der Waals surface area contributed by atoms with Crippen LogP contribution in [-0.4, -0.2) is 22.6 Å². The zero-order valence-electron chi connectivity index (χ0n) is 11.5. The van der Waals surface area contributed by atoms with Gasteiger partial charge in [-0.3, -0.25) is 9.78 Å². The van der Waals surface area contributed by atoms with Gasteiger partial charge in [-0.05, 0) is 17.9 Å². The number of carboxylic acids is 1. The summed E-state index contributed by atoms with van der Waals surface area (Å²) in [5.41, 5.74) is 0.984. The number of aliphatic carboxylic acids is 1. The fourth-order valence-electron chi connectivity index (χ4n) is 1.85. The third kappa shape index (κ3) is 4.96. The normalized spacial score (nSPS) is 12.5. The number of anilines is 1. The Bertz CT molecular complexity index is 486. The van der Waals surface area contributed by atoms with Gasteiger partial charge in [-0.1, -0.05) is 20.8 Å². The Morgan fingerprint density at radius 1 is 1.58 bits per heavy atom. The molecule has 2 N–H and O–H groups in total. The summed E-state index contributed by atoms with van der Waals surface area (Å²) >= 11 is 0. The van der Waals surface area contributed by atoms with E-state index in [-0.39, 0.29) is 12.0 Å². The minimum absolute atomic E-state index is 0.0578. The third-order valence-corrected chi connectivity index (χ3v) is 2.69. The summed E-state index contributed by atoms with van der Waals surface area (Å²) in [5, 5.41) is 21.2. The van der Waals surface area contributed by atoms with Crippen molar-refractivity contribution < 1.29 is 9.90 Å². The van der Waals surface area contributed by atoms with Gasteiger partial charge in [-0.15, -0.1) is 0 Å². The second kappa shape index (κ2) is 6.19. The monoisotopic (exact) mass is 261 g/mol. The van der Waals surface area contributed by atoms with E-state index in [1.165, 1.54) is 12.4 Å². The van der Waals surface area contributed by atoms with E-state index < -0.39 is 11.9 Å². The molecular formula is C14H19N3O2. The molecule has 102 valence electrons. The first-order chi connectivity index (χ1) is 8.83. The number of aromatic nitrogens is 1. The summed E-state index contributed by atoms with van der Waals surface area (Å²) in [6, 6.07) is 3.65. The highest BCUT2D eigenvalue weighted by Gasteiger charge is 2.24. The molecule has 0 spiro atoms. The smallest absolute Gasteiger partial charge is 0.308 e. The van der Waals surface area contributed by atoms with Crippen molar-refractivity contribution >= 4 is 11.7 Å². The average molecular weight is 261 g/mol. The molecule has 0 amide bonds. The maximum Gasteiger partial charge on any atom is 0.308 e. The molecule has 5 nitrogen and oxygen atoms in total. The van der Waals surface area contributed by atoms with Gasteiger partial charge in [0, 0.05) is 12.7 Å². The SMILES string of the molecule is CC(C)(C)CC(CNc1cnccc1C#N)C(=O)O. The molecule has 0 aliphatic heterocycles. The van der Waals surface area contributed by atoms with E-state index >= 15 is 0 Å². The molecular weight excluding hydrogens is 242 g/mol. The van der Waals surface area contributed by atoms with Gasteiger partial charge >= 0.3 is 5.97 Å². The van der Waals surface area contributed by atoms with E-state index in [4.69, 9.17) is 5.26 Å². The second-order valence-electron chi connectivity index (χ2n) is 5.71. The van der Waals surface area contributed by atoms with Gasteiger partial charge in [0.25, 0.3) is 0 Å². The van der Waals surface area contributed by atoms with Gasteiger partial charge in [0.2, 0.25) is 0 Å². The number of nitriles is 1. The van der Waals surface area contributed by atoms with E-state index in [0.29, 0.717) is 17.7 Å². The van der Waals surface area contributed by atoms with Crippen molar-refractivity contribution in [3.05, 3.63) is 24.0 Å². The lowest BCUT2D eigenvalue weighted by molar-refractivity contribution is -0.142. The lowest BCUT2D eigenvalue weighted by Gasteiger charge is -2.23. The number of nitrogens with one attached hydrogen (secondary N) is 1. The summed E-state index contributed by atoms with van der Waals surface area (Å²) in [7, 11) is 0. The van der Waals surface area contributed by atoms with E-state index in [0.717, 1.165) is 0 Å². The maximum atomic E-state index is 11.2. The van der Waals surface area contributed by atoms with Crippen molar-refractivity contribution in [3.63, 3.8) is 0 Å². The number of pyridine rings is 1. The van der Waals surface area contributed by atoms with Crippen LogP contribution in [0.2, 0.25) is 0 Å². The molecule has 1 unspecified atom stereocenters. The number of carboxylic acid groups (broad SMARTS) is 1. The Kier molecular flexibility index (Phi) is 4.87. The van der Waals surface area contributed by atoms with Crippen LogP contribution in [0, 0.1) is 22.7 Å². The van der Waals surface area contributed by atoms with E-state index in [2.05, 4.69) is 10.3 Å². The molecule has 19 heavy (non-hydrogen) atoms. The summed E-state index contributed by atoms with van der Waals surface area (Å²) in [4.78, 5) is 15.2. The van der Waals surface area contributed by atoms with Crippen molar-refractivity contribution in [2.75, 3.05) is 11.9 Å². The van der Waals surface area contributed by atoms with Crippen molar-refractivity contribution in [2.45, 2.75) is 27.2 Å². The van der Waals surface area contributed by atoms with Crippen LogP contribution in [0.15, 0.2) is 18.5 Å². The zero-order valence-corrected chi connectivity index (χ0v) is 11.5. The lowest BCUT2D eigenvalue weighted by atomic mass is 9.84. The van der Waals surface area contributed by atoms with Gasteiger partial charge in [0.05, 0.1) is 23.4 Å². The Morgan fingerprint density at radius 3 is 2.79 bits per heavy atom. The topological polar surface area (TPSA) is 86.0 Å². The molecule has 1 heterocycles. The van der Waals surface area contributed by atoms with Crippen molar-refractivity contribution in [1.29, 1.82) is 5.26 Å². The first kappa shape index (κ1) is 15.0. The summed E-state index contributed by atoms with van der Waals surface area (Å²) in [6.45, 7) is 6.31. The molecule has 0 saturated carbocycles. The third-order valence-electron chi connectivity index (χ3n) is 2.69.